The second-order valence-electron chi connectivity index (χ2n) is 23.2. The van der Waals surface area contributed by atoms with Crippen LogP contribution in [0, 0.1) is 11.8 Å². The van der Waals surface area contributed by atoms with E-state index in [2.05, 4.69) is 103 Å². The third-order valence-corrected chi connectivity index (χ3v) is 18.7. The van der Waals surface area contributed by atoms with E-state index in [1.54, 1.807) is 12.1 Å². The summed E-state index contributed by atoms with van der Waals surface area (Å²) in [6, 6.07) is 44.4. The molecule has 5 heterocycles. The molecule has 0 saturated heterocycles. The summed E-state index contributed by atoms with van der Waals surface area (Å²) in [5.74, 6) is -1.40. The number of aliphatic hydroxyl groups excluding tert-OH is 3. The van der Waals surface area contributed by atoms with Crippen molar-refractivity contribution in [2.45, 2.75) is 132 Å². The van der Waals surface area contributed by atoms with E-state index in [-0.39, 0.29) is 78.8 Å². The molecule has 4 aliphatic heterocycles. The lowest BCUT2D eigenvalue weighted by molar-refractivity contribution is -0.199. The van der Waals surface area contributed by atoms with Gasteiger partial charge >= 0.3 is 17.6 Å². The molecule has 2 saturated carbocycles. The van der Waals surface area contributed by atoms with Gasteiger partial charge in [-0.3, -0.25) is 4.79 Å². The van der Waals surface area contributed by atoms with Crippen LogP contribution in [-0.2, 0) is 49.7 Å². The van der Waals surface area contributed by atoms with Crippen molar-refractivity contribution in [1.82, 2.24) is 0 Å². The fourth-order valence-electron chi connectivity index (χ4n) is 14.6. The first-order valence-electron chi connectivity index (χ1n) is 28.5. The molecule has 0 amide bonds. The summed E-state index contributed by atoms with van der Waals surface area (Å²) in [7, 11) is 1.51. The Morgan fingerprint density at radius 1 is 0.722 bits per heavy atom. The number of carbonyl (C=O) groups is 2. The maximum atomic E-state index is 15.7. The van der Waals surface area contributed by atoms with Crippen molar-refractivity contribution in [1.29, 1.82) is 0 Å². The number of rotatable bonds is 10. The van der Waals surface area contributed by atoms with Crippen molar-refractivity contribution in [2.75, 3.05) is 26.9 Å². The Labute approximate surface area is 461 Å². The number of ether oxygens (including phenoxy) is 4. The number of carbonyl (C=O) groups excluding carboxylic acids is 2. The van der Waals surface area contributed by atoms with Crippen molar-refractivity contribution >= 4 is 33.7 Å². The van der Waals surface area contributed by atoms with Gasteiger partial charge < -0.3 is 38.7 Å². The zero-order valence-corrected chi connectivity index (χ0v) is 45.2. The van der Waals surface area contributed by atoms with Crippen molar-refractivity contribution in [3.05, 3.63) is 205 Å². The van der Waals surface area contributed by atoms with Crippen LogP contribution in [0.25, 0.3) is 21.7 Å². The quantitative estimate of drug-likeness (QED) is 0.0883. The molecule has 6 aromatic carbocycles. The Morgan fingerprint density at radius 3 is 2.29 bits per heavy atom. The molecule has 79 heavy (non-hydrogen) atoms. The van der Waals surface area contributed by atoms with Crippen LogP contribution >= 0.6 is 0 Å². The summed E-state index contributed by atoms with van der Waals surface area (Å²) in [5, 5.41) is 35.3. The lowest BCUT2D eigenvalue weighted by Gasteiger charge is -2.48. The number of methoxy groups -OCH3 is 1. The number of hydrogen-bond acceptors (Lipinski definition) is 11. The molecule has 0 unspecified atom stereocenters. The SMILES string of the molecule is COC[C@@H](CCO)c1c(CO)c2ccc3c(c2oc1=O)[C@H]1OC(=O)C[C@@H]2C[C@H](c4cccc(Cc5ccccc5)c4)CC[C@@H]2c2ccc(cc2)CC/C2=C(/CO)Cc4cccc5ccc(cc45)[C@H]4CC[C@@H](C4)[C@](C)(O3)[C@H]1OC2=O. The molecule has 1 aromatic heterocycles. The third kappa shape index (κ3) is 10.1. The predicted octanol–water partition coefficient (Wildman–Crippen LogP) is 11.9. The Morgan fingerprint density at radius 2 is 1.49 bits per heavy atom. The van der Waals surface area contributed by atoms with E-state index in [1.165, 1.54) is 29.4 Å². The fourth-order valence-corrected chi connectivity index (χ4v) is 14.6. The summed E-state index contributed by atoms with van der Waals surface area (Å²) < 4.78 is 33.3. The number of aliphatic hydroxyl groups is 3. The molecule has 7 aromatic rings. The molecule has 0 radical (unpaired) electrons. The van der Waals surface area contributed by atoms with Crippen LogP contribution < -0.4 is 10.4 Å². The second-order valence-corrected chi connectivity index (χ2v) is 23.2. The Hall–Kier alpha value is -6.89. The van der Waals surface area contributed by atoms with Gasteiger partial charge in [-0.25, -0.2) is 9.59 Å². The molecule has 2 aliphatic carbocycles. The first kappa shape index (κ1) is 52.8. The van der Waals surface area contributed by atoms with Gasteiger partial charge in [-0.15, -0.1) is 0 Å². The molecule has 6 aliphatic rings. The topological polar surface area (TPSA) is 162 Å². The molecule has 2 fully saturated rings. The summed E-state index contributed by atoms with van der Waals surface area (Å²) in [6.07, 6.45) is 4.29. The highest BCUT2D eigenvalue weighted by Crippen LogP contribution is 2.55. The van der Waals surface area contributed by atoms with Gasteiger partial charge in [0.25, 0.3) is 0 Å². The van der Waals surface area contributed by atoms with Gasteiger partial charge in [0.15, 0.2) is 12.2 Å². The zero-order valence-electron chi connectivity index (χ0n) is 45.2. The Kier molecular flexibility index (Phi) is 14.9. The molecule has 8 bridgehead atoms. The standard InChI is InChI=1S/C68H70O11/c1-68-53-23-21-47(34-53)48-20-19-43-11-7-13-49(57(43)35-48)33-52(37-70)55-24-16-40-14-17-44(18-15-40)54-25-22-46(45-12-6-10-42(31-45)30-41-8-4-3-5-9-41)32-51(54)36-60(72)76-64(65(68)78-66(55)73)62-59(79-68)27-26-56-58(38-71)61(67(74)77-63(56)62)50(28-29-69)39-75-2/h3-15,17-20,26-27,31,35,46-47,50-51,53-54,64-65,69-71H,16,21-25,28-30,32-34,36-39H2,1-2H3/b55-52-/t46-,47+,50-,51+,53+,54-,64-,65+,68+/m1/s1. The maximum Gasteiger partial charge on any atom is 0.340 e. The number of hydrogen-bond donors (Lipinski definition) is 3. The van der Waals surface area contributed by atoms with E-state index in [1.807, 2.05) is 19.1 Å². The van der Waals surface area contributed by atoms with Crippen LogP contribution in [0.4, 0.5) is 0 Å². The minimum Gasteiger partial charge on any atom is -0.483 e. The van der Waals surface area contributed by atoms with Gasteiger partial charge in [0.2, 0.25) is 0 Å². The molecule has 11 heteroatoms. The second kappa shape index (κ2) is 22.3. The van der Waals surface area contributed by atoms with Gasteiger partial charge in [0.05, 0.1) is 25.4 Å². The van der Waals surface area contributed by atoms with Crippen molar-refractivity contribution < 1.29 is 48.3 Å². The van der Waals surface area contributed by atoms with Crippen LogP contribution in [0.1, 0.15) is 150 Å². The number of aryl methyl sites for hydroxylation is 1. The monoisotopic (exact) mass is 1060 g/mol. The Bertz CT molecular complexity index is 3500. The van der Waals surface area contributed by atoms with E-state index in [9.17, 15) is 20.1 Å². The lowest BCUT2D eigenvalue weighted by atomic mass is 9.68. The summed E-state index contributed by atoms with van der Waals surface area (Å²) >= 11 is 0. The van der Waals surface area contributed by atoms with E-state index in [0.29, 0.717) is 47.1 Å². The van der Waals surface area contributed by atoms with Crippen molar-refractivity contribution in [3.63, 3.8) is 0 Å². The molecule has 0 spiro atoms. The number of esters is 2. The molecule has 11 nitrogen and oxygen atoms in total. The normalized spacial score (nSPS) is 26.3. The van der Waals surface area contributed by atoms with Crippen LogP contribution in [0.5, 0.6) is 5.75 Å². The predicted molar refractivity (Wildman–Crippen MR) is 302 cm³/mol. The smallest absolute Gasteiger partial charge is 0.340 e. The average molecular weight is 1060 g/mol. The lowest BCUT2D eigenvalue weighted by Crippen LogP contribution is -2.58. The van der Waals surface area contributed by atoms with Gasteiger partial charge in [-0.1, -0.05) is 115 Å². The molecular formula is C68H70O11. The van der Waals surface area contributed by atoms with Crippen molar-refractivity contribution in [2.24, 2.45) is 11.8 Å². The highest BCUT2D eigenvalue weighted by atomic mass is 16.6. The van der Waals surface area contributed by atoms with E-state index < -0.39 is 54.5 Å². The highest BCUT2D eigenvalue weighted by Gasteiger charge is 2.58. The molecule has 13 rings (SSSR count). The highest BCUT2D eigenvalue weighted by molar-refractivity contribution is 5.92. The maximum absolute atomic E-state index is 15.7. The fraction of sp³-hybridized carbons (Fsp3) is 0.397. The van der Waals surface area contributed by atoms with E-state index in [4.69, 9.17) is 23.4 Å². The van der Waals surface area contributed by atoms with Gasteiger partial charge in [0, 0.05) is 48.5 Å². The molecule has 408 valence electrons. The largest absolute Gasteiger partial charge is 0.483 e. The number of fused-ring (bicyclic) bond motifs is 13. The van der Waals surface area contributed by atoms with Crippen LogP contribution in [0.15, 0.2) is 148 Å². The summed E-state index contributed by atoms with van der Waals surface area (Å²) in [5.41, 5.74) is 7.70. The minimum absolute atomic E-state index is 0.0414. The van der Waals surface area contributed by atoms with Gasteiger partial charge in [0.1, 0.15) is 16.9 Å². The molecule has 9 atom stereocenters. The first-order valence-corrected chi connectivity index (χ1v) is 28.5. The zero-order chi connectivity index (χ0) is 54.4. The number of benzene rings is 6. The van der Waals surface area contributed by atoms with Gasteiger partial charge in [-0.05, 0) is 174 Å². The van der Waals surface area contributed by atoms with E-state index >= 15 is 9.59 Å². The van der Waals surface area contributed by atoms with Crippen LogP contribution in [-0.4, -0.2) is 65.9 Å². The van der Waals surface area contributed by atoms with Crippen molar-refractivity contribution in [3.8, 4) is 5.75 Å². The van der Waals surface area contributed by atoms with Crippen LogP contribution in [0.3, 0.4) is 0 Å². The summed E-state index contributed by atoms with van der Waals surface area (Å²) in [4.78, 5) is 45.8. The molecule has 3 N–H and O–H groups in total. The Balaban J connectivity index is 1.03. The molecular weight excluding hydrogens is 993 g/mol. The van der Waals surface area contributed by atoms with Crippen LogP contribution in [0.2, 0.25) is 0 Å². The first-order chi connectivity index (χ1) is 38.5. The van der Waals surface area contributed by atoms with Gasteiger partial charge in [-0.2, -0.15) is 0 Å². The average Bonchev–Trinajstić information content (AvgIpc) is 4.18. The minimum atomic E-state index is -1.34. The van der Waals surface area contributed by atoms with E-state index in [0.717, 1.165) is 66.0 Å². The third-order valence-electron chi connectivity index (χ3n) is 18.7. The summed E-state index contributed by atoms with van der Waals surface area (Å²) in [6.45, 7) is 0.884.